The van der Waals surface area contributed by atoms with Crippen LogP contribution < -0.4 is 19.5 Å². The van der Waals surface area contributed by atoms with Crippen LogP contribution in [-0.4, -0.2) is 77.6 Å². The zero-order valence-corrected chi connectivity index (χ0v) is 31.2. The van der Waals surface area contributed by atoms with E-state index in [1.54, 1.807) is 11.0 Å². The molecule has 3 fully saturated rings. The average molecular weight is 756 g/mol. The zero-order valence-electron chi connectivity index (χ0n) is 28.8. The molecule has 0 spiro atoms. The van der Waals surface area contributed by atoms with Crippen LogP contribution in [-0.2, 0) is 24.4 Å². The number of benzene rings is 1. The number of amides is 3. The lowest BCUT2D eigenvalue weighted by molar-refractivity contribution is -0.139. The van der Waals surface area contributed by atoms with E-state index in [0.29, 0.717) is 57.4 Å². The summed E-state index contributed by atoms with van der Waals surface area (Å²) in [4.78, 5) is 52.6. The number of hydrogen-bond acceptors (Lipinski definition) is 10. The first kappa shape index (κ1) is 35.6. The number of allylic oxidation sites excluding steroid dienone is 1. The Bertz CT molecular complexity index is 2010. The highest BCUT2D eigenvalue weighted by atomic mass is 35.5. The molecule has 3 aromatic rings. The lowest BCUT2D eigenvalue weighted by Gasteiger charge is -2.26. The number of sulfonamides is 1. The first-order chi connectivity index (χ1) is 24.4. The summed E-state index contributed by atoms with van der Waals surface area (Å²) in [5.74, 6) is -0.629. The minimum atomic E-state index is -3.83. The van der Waals surface area contributed by atoms with E-state index < -0.39 is 44.8 Å². The molecule has 4 unspecified atom stereocenters. The number of methoxy groups -OCH3 is 1. The van der Waals surface area contributed by atoms with Crippen molar-refractivity contribution in [2.24, 2.45) is 5.92 Å². The molecule has 272 valence electrons. The van der Waals surface area contributed by atoms with E-state index >= 15 is 0 Å². The van der Waals surface area contributed by atoms with Crippen molar-refractivity contribution >= 4 is 61.6 Å². The summed E-state index contributed by atoms with van der Waals surface area (Å²) < 4.78 is 39.8. The van der Waals surface area contributed by atoms with Crippen LogP contribution in [0.1, 0.15) is 83.2 Å². The number of hydrogen-bond donors (Lipinski definition) is 2. The number of carbonyl (C=O) groups excluding carboxylic acids is 3. The number of ether oxygens (including phenoxy) is 2. The largest absolute Gasteiger partial charge is 0.495 e. The van der Waals surface area contributed by atoms with Gasteiger partial charge in [0.1, 0.15) is 44.9 Å². The summed E-state index contributed by atoms with van der Waals surface area (Å²) in [6.45, 7) is 4.29. The highest BCUT2D eigenvalue weighted by Crippen LogP contribution is 2.46. The molecule has 4 aliphatic rings. The third-order valence-corrected chi connectivity index (χ3v) is 13.2. The smallest absolute Gasteiger partial charge is 0.259 e. The van der Waals surface area contributed by atoms with Crippen LogP contribution >= 0.6 is 22.9 Å². The quantitative estimate of drug-likeness (QED) is 0.284. The highest BCUT2D eigenvalue weighted by molar-refractivity contribution is 7.91. The van der Waals surface area contributed by atoms with E-state index in [2.05, 4.69) is 23.9 Å². The lowest BCUT2D eigenvalue weighted by Crippen LogP contribution is -2.56. The first-order valence-corrected chi connectivity index (χ1v) is 20.3. The van der Waals surface area contributed by atoms with Gasteiger partial charge in [-0.1, -0.05) is 44.0 Å². The molecular formula is C36H42ClN5O7S2. The molecule has 15 heteroatoms. The standard InChI is InChI=1S/C36H42ClN5O7S2/c1-20(2)26-19-50-34(39-26)25-16-29(24-13-14-28(48-3)31(37)32(24)38-25)49-22-15-27-33(44)40-36(35(45)41-51(46,47)23-11-12-23)17-21(36)9-7-5-4-6-8-10-30(43)42(27)18-22/h7,9,13-14,16,19-23,27H,4-6,8,10-12,15,17-18H2,1-3H3,(H,40,44)(H,41,45)/b9-7+. The van der Waals surface area contributed by atoms with Gasteiger partial charge in [-0.15, -0.1) is 11.3 Å². The zero-order chi connectivity index (χ0) is 36.1. The van der Waals surface area contributed by atoms with Gasteiger partial charge in [-0.05, 0) is 56.6 Å². The number of nitrogens with one attached hydrogen (secondary N) is 2. The van der Waals surface area contributed by atoms with Gasteiger partial charge in [0.15, 0.2) is 0 Å². The van der Waals surface area contributed by atoms with Crippen molar-refractivity contribution < 1.29 is 32.3 Å². The number of thiazole rings is 1. The minimum absolute atomic E-state index is 0.146. The van der Waals surface area contributed by atoms with Crippen molar-refractivity contribution in [1.29, 1.82) is 0 Å². The van der Waals surface area contributed by atoms with Crippen molar-refractivity contribution in [2.75, 3.05) is 13.7 Å². The van der Waals surface area contributed by atoms with Gasteiger partial charge in [-0.2, -0.15) is 0 Å². The summed E-state index contributed by atoms with van der Waals surface area (Å²) in [5.41, 5.74) is 0.562. The van der Waals surface area contributed by atoms with Crippen molar-refractivity contribution in [3.63, 3.8) is 0 Å². The van der Waals surface area contributed by atoms with E-state index in [4.69, 9.17) is 31.0 Å². The normalized spacial score (nSPS) is 26.2. The summed E-state index contributed by atoms with van der Waals surface area (Å²) in [7, 11) is -2.30. The Morgan fingerprint density at radius 3 is 2.69 bits per heavy atom. The predicted molar refractivity (Wildman–Crippen MR) is 194 cm³/mol. The van der Waals surface area contributed by atoms with E-state index in [1.807, 2.05) is 29.7 Å². The molecule has 4 heterocycles. The van der Waals surface area contributed by atoms with Crippen LogP contribution in [0.5, 0.6) is 11.5 Å². The summed E-state index contributed by atoms with van der Waals surface area (Å²) in [5, 5.41) is 5.97. The molecule has 51 heavy (non-hydrogen) atoms. The highest BCUT2D eigenvalue weighted by Gasteiger charge is 2.62. The third-order valence-electron chi connectivity index (χ3n) is 10.2. The fourth-order valence-electron chi connectivity index (χ4n) is 6.92. The second-order valence-electron chi connectivity index (χ2n) is 14.2. The SMILES string of the molecule is COc1ccc2c(OC3CC4C(=O)NC5(C(=O)NS(=O)(=O)C6CC6)CC5/C=C/CCCCCC(=O)N4C3)cc(-c3nc(C(C)C)cs3)nc2c1Cl. The third kappa shape index (κ3) is 7.19. The number of halogens is 1. The molecular weight excluding hydrogens is 714 g/mol. The second-order valence-corrected chi connectivity index (χ2v) is 17.4. The Kier molecular flexibility index (Phi) is 9.78. The van der Waals surface area contributed by atoms with Crippen LogP contribution in [0.3, 0.4) is 0 Å². The van der Waals surface area contributed by atoms with Gasteiger partial charge in [0.05, 0.1) is 30.1 Å². The molecule has 7 rings (SSSR count). The molecule has 0 bridgehead atoms. The summed E-state index contributed by atoms with van der Waals surface area (Å²) in [6, 6.07) is 4.44. The maximum atomic E-state index is 14.1. The van der Waals surface area contributed by atoms with Gasteiger partial charge >= 0.3 is 0 Å². The molecule has 1 aromatic carbocycles. The number of carbonyl (C=O) groups is 3. The van der Waals surface area contributed by atoms with Crippen molar-refractivity contribution in [3.05, 3.63) is 46.4 Å². The molecule has 2 saturated carbocycles. The molecule has 2 aliphatic heterocycles. The Morgan fingerprint density at radius 1 is 1.16 bits per heavy atom. The van der Waals surface area contributed by atoms with Gasteiger partial charge in [-0.25, -0.2) is 18.4 Å². The second kappa shape index (κ2) is 14.0. The number of nitrogens with zero attached hydrogens (tertiary/aromatic N) is 3. The van der Waals surface area contributed by atoms with Crippen LogP contribution in [0.25, 0.3) is 21.6 Å². The Hall–Kier alpha value is -3.75. The fourth-order valence-corrected chi connectivity index (χ4v) is 9.50. The molecule has 12 nitrogen and oxygen atoms in total. The minimum Gasteiger partial charge on any atom is -0.495 e. The summed E-state index contributed by atoms with van der Waals surface area (Å²) >= 11 is 8.24. The van der Waals surface area contributed by atoms with Crippen molar-refractivity contribution in [3.8, 4) is 22.2 Å². The van der Waals surface area contributed by atoms with Gasteiger partial charge in [0, 0.05) is 35.6 Å². The molecule has 1 saturated heterocycles. The van der Waals surface area contributed by atoms with Crippen molar-refractivity contribution in [1.82, 2.24) is 24.9 Å². The molecule has 4 atom stereocenters. The van der Waals surface area contributed by atoms with Gasteiger partial charge < -0.3 is 19.7 Å². The predicted octanol–water partition coefficient (Wildman–Crippen LogP) is 5.50. The fraction of sp³-hybridized carbons (Fsp3) is 0.528. The number of pyridine rings is 1. The number of rotatable bonds is 8. The Morgan fingerprint density at radius 2 is 1.96 bits per heavy atom. The maximum Gasteiger partial charge on any atom is 0.259 e. The number of fused-ring (bicyclic) bond motifs is 3. The maximum absolute atomic E-state index is 14.1. The molecule has 2 aliphatic carbocycles. The van der Waals surface area contributed by atoms with Crippen molar-refractivity contribution in [2.45, 2.75) is 100 Å². The Labute approximate surface area is 306 Å². The molecule has 2 N–H and O–H groups in total. The van der Waals surface area contributed by atoms with E-state index in [-0.39, 0.29) is 43.6 Å². The monoisotopic (exact) mass is 755 g/mol. The summed E-state index contributed by atoms with van der Waals surface area (Å²) in [6.07, 6.45) is 8.15. The van der Waals surface area contributed by atoms with E-state index in [0.717, 1.165) is 25.0 Å². The van der Waals surface area contributed by atoms with E-state index in [9.17, 15) is 22.8 Å². The van der Waals surface area contributed by atoms with Crippen LogP contribution in [0.2, 0.25) is 5.02 Å². The molecule has 3 amide bonds. The number of aromatic nitrogens is 2. The average Bonchev–Trinajstić information content (AvgIpc) is 3.97. The van der Waals surface area contributed by atoms with Gasteiger partial charge in [0.25, 0.3) is 5.91 Å². The van der Waals surface area contributed by atoms with Gasteiger partial charge in [0.2, 0.25) is 21.8 Å². The topological polar surface area (TPSA) is 157 Å². The first-order valence-electron chi connectivity index (χ1n) is 17.5. The van der Waals surface area contributed by atoms with Gasteiger partial charge in [-0.3, -0.25) is 19.1 Å². The van der Waals surface area contributed by atoms with Crippen LogP contribution in [0.4, 0.5) is 0 Å². The van der Waals surface area contributed by atoms with Crippen LogP contribution in [0.15, 0.2) is 35.7 Å². The lowest BCUT2D eigenvalue weighted by atomic mass is 10.1. The van der Waals surface area contributed by atoms with E-state index in [1.165, 1.54) is 18.4 Å². The Balaban J connectivity index is 1.19. The van der Waals surface area contributed by atoms with Crippen LogP contribution in [0, 0.1) is 5.92 Å². The molecule has 2 aromatic heterocycles. The molecule has 0 radical (unpaired) electrons.